The highest BCUT2D eigenvalue weighted by molar-refractivity contribution is 6.09. The van der Waals surface area contributed by atoms with Gasteiger partial charge in [-0.2, -0.15) is 0 Å². The molecule has 0 N–H and O–H groups in total. The summed E-state index contributed by atoms with van der Waals surface area (Å²) in [6.07, 6.45) is 7.89. The molecule has 6 aromatic carbocycles. The monoisotopic (exact) mass is 770 g/mol. The quantitative estimate of drug-likeness (QED) is 0.108. The van der Waals surface area contributed by atoms with Crippen LogP contribution in [0.5, 0.6) is 11.5 Å². The van der Waals surface area contributed by atoms with E-state index in [2.05, 4.69) is 232 Å². The van der Waals surface area contributed by atoms with Crippen LogP contribution in [0.4, 0.5) is 0 Å². The van der Waals surface area contributed by atoms with E-state index in [9.17, 15) is 0 Å². The maximum Gasteiger partial charge on any atom is 0.269 e. The lowest BCUT2D eigenvalue weighted by molar-refractivity contribution is -0.599. The van der Waals surface area contributed by atoms with Crippen molar-refractivity contribution in [3.8, 4) is 28.7 Å². The summed E-state index contributed by atoms with van der Waals surface area (Å²) in [5.74, 6) is 2.38. The molecule has 3 aromatic heterocycles. The predicted octanol–water partition coefficient (Wildman–Crippen LogP) is 12.8. The van der Waals surface area contributed by atoms with Crippen LogP contribution in [0, 0.1) is 6.33 Å². The first kappa shape index (κ1) is 37.8. The highest BCUT2D eigenvalue weighted by Gasteiger charge is 2.29. The number of aromatic nitrogens is 4. The molecule has 5 heteroatoms. The lowest BCUT2D eigenvalue weighted by Crippen LogP contribution is -2.30. The van der Waals surface area contributed by atoms with Crippen LogP contribution in [0.25, 0.3) is 39.0 Å². The summed E-state index contributed by atoms with van der Waals surface area (Å²) in [4.78, 5) is 4.87. The zero-order valence-corrected chi connectivity index (χ0v) is 34.9. The van der Waals surface area contributed by atoms with Crippen molar-refractivity contribution in [2.75, 3.05) is 0 Å². The second-order valence-corrected chi connectivity index (χ2v) is 17.6. The van der Waals surface area contributed by atoms with E-state index in [-0.39, 0.29) is 16.2 Å². The van der Waals surface area contributed by atoms with Crippen LogP contribution in [0.15, 0.2) is 176 Å². The van der Waals surface area contributed by atoms with Gasteiger partial charge in [-0.1, -0.05) is 146 Å². The normalized spacial score (nSPS) is 12.3. The fourth-order valence-corrected chi connectivity index (χ4v) is 8.30. The van der Waals surface area contributed by atoms with E-state index in [1.165, 1.54) is 27.6 Å². The van der Waals surface area contributed by atoms with Crippen molar-refractivity contribution < 1.29 is 9.30 Å². The third-order valence-electron chi connectivity index (χ3n) is 12.0. The summed E-state index contributed by atoms with van der Waals surface area (Å²) in [7, 11) is 0. The van der Waals surface area contributed by atoms with Crippen LogP contribution in [0.2, 0.25) is 0 Å². The number of pyridine rings is 1. The first-order valence-electron chi connectivity index (χ1n) is 20.5. The van der Waals surface area contributed by atoms with E-state index >= 15 is 0 Å². The summed E-state index contributed by atoms with van der Waals surface area (Å²) >= 11 is 0. The minimum Gasteiger partial charge on any atom is -0.458 e. The molecule has 0 unspecified atom stereocenters. The van der Waals surface area contributed by atoms with Gasteiger partial charge in [0.15, 0.2) is 0 Å². The fraction of sp³-hybridized carbons (Fsp3) is 0.185. The van der Waals surface area contributed by atoms with Crippen LogP contribution in [0.3, 0.4) is 0 Å². The predicted molar refractivity (Wildman–Crippen MR) is 241 cm³/mol. The molecule has 0 aliphatic rings. The molecule has 3 heterocycles. The number of hydrogen-bond acceptors (Lipinski definition) is 2. The van der Waals surface area contributed by atoms with Crippen molar-refractivity contribution in [3.63, 3.8) is 0 Å². The van der Waals surface area contributed by atoms with Crippen LogP contribution in [-0.4, -0.2) is 14.1 Å². The Morgan fingerprint density at radius 2 is 1.17 bits per heavy atom. The third-order valence-corrected chi connectivity index (χ3v) is 12.0. The van der Waals surface area contributed by atoms with Crippen LogP contribution in [-0.2, 0) is 16.2 Å². The Balaban J connectivity index is 1.12. The molecular weight excluding hydrogens is 721 g/mol. The smallest absolute Gasteiger partial charge is 0.269 e. The van der Waals surface area contributed by atoms with Gasteiger partial charge in [-0.25, -0.2) is 4.98 Å². The largest absolute Gasteiger partial charge is 0.458 e. The van der Waals surface area contributed by atoms with E-state index in [1.807, 2.05) is 12.3 Å². The molecule has 0 spiro atoms. The second kappa shape index (κ2) is 14.6. The molecule has 0 saturated heterocycles. The van der Waals surface area contributed by atoms with Crippen LogP contribution >= 0.6 is 0 Å². The Kier molecular flexibility index (Phi) is 9.35. The Hall–Kier alpha value is -6.72. The molecule has 5 nitrogen and oxygen atoms in total. The van der Waals surface area contributed by atoms with Crippen molar-refractivity contribution in [2.45, 2.75) is 64.7 Å². The SMILES string of the molecule is CC(C)(C)c1ccnc(-n2c3ccccc3c3ccc(Oc4cccc(-n5[c-][n+](-c6cccc(C(C)(C)c7ccccc7)c6)cc5C(C)(C)c5ccccc5)c4)cc32)c1. The Morgan fingerprint density at radius 3 is 1.92 bits per heavy atom. The standard InChI is InChI=1S/C54H50N4O/c1-52(2,3)40-30-31-55-51(33-40)58-48-27-15-14-26-46(48)47-29-28-45(35-49(47)58)59-44-25-17-24-43(34-44)57-37-56(36-50(57)54(6,7)39-20-12-9-13-21-39)42-23-16-22-41(32-42)53(4,5)38-18-10-8-11-19-38/h8-36H,1-7H3. The van der Waals surface area contributed by atoms with Gasteiger partial charge >= 0.3 is 0 Å². The average Bonchev–Trinajstić information content (AvgIpc) is 3.85. The topological polar surface area (TPSA) is 35.9 Å². The zero-order chi connectivity index (χ0) is 40.9. The number of fused-ring (bicyclic) bond motifs is 3. The van der Waals surface area contributed by atoms with Gasteiger partial charge in [-0.15, -0.1) is 0 Å². The molecule has 59 heavy (non-hydrogen) atoms. The first-order valence-corrected chi connectivity index (χ1v) is 20.5. The van der Waals surface area contributed by atoms with Gasteiger partial charge in [-0.3, -0.25) is 13.7 Å². The Labute approximate surface area is 347 Å². The van der Waals surface area contributed by atoms with E-state index in [4.69, 9.17) is 9.72 Å². The number of ether oxygens (including phenoxy) is 1. The molecule has 0 bridgehead atoms. The van der Waals surface area contributed by atoms with Gasteiger partial charge in [0.1, 0.15) is 17.3 Å². The molecule has 0 aliphatic heterocycles. The third kappa shape index (κ3) is 7.01. The van der Waals surface area contributed by atoms with E-state index in [0.29, 0.717) is 0 Å². The van der Waals surface area contributed by atoms with E-state index < -0.39 is 0 Å². The molecule has 9 rings (SSSR count). The van der Waals surface area contributed by atoms with E-state index in [0.717, 1.165) is 50.8 Å². The number of hydrogen-bond donors (Lipinski definition) is 0. The molecular formula is C54H50N4O. The van der Waals surface area contributed by atoms with Gasteiger partial charge in [0.25, 0.3) is 6.33 Å². The maximum absolute atomic E-state index is 6.74. The van der Waals surface area contributed by atoms with Crippen molar-refractivity contribution in [1.29, 1.82) is 0 Å². The number of nitrogens with zero attached hydrogens (tertiary/aromatic N) is 4. The highest BCUT2D eigenvalue weighted by Crippen LogP contribution is 2.38. The number of rotatable bonds is 9. The number of imidazole rings is 1. The maximum atomic E-state index is 6.74. The highest BCUT2D eigenvalue weighted by atomic mass is 16.5. The van der Waals surface area contributed by atoms with E-state index in [1.54, 1.807) is 0 Å². The van der Waals surface area contributed by atoms with Crippen LogP contribution in [0.1, 0.15) is 76.4 Å². The van der Waals surface area contributed by atoms with Crippen molar-refractivity contribution in [2.24, 2.45) is 0 Å². The number of para-hydroxylation sites is 1. The van der Waals surface area contributed by atoms with Crippen molar-refractivity contribution >= 4 is 21.8 Å². The molecule has 9 aromatic rings. The summed E-state index contributed by atoms with van der Waals surface area (Å²) < 4.78 is 13.3. The van der Waals surface area contributed by atoms with Gasteiger partial charge in [-0.05, 0) is 88.3 Å². The van der Waals surface area contributed by atoms with Gasteiger partial charge in [0, 0.05) is 40.1 Å². The Morgan fingerprint density at radius 1 is 0.525 bits per heavy atom. The van der Waals surface area contributed by atoms with Crippen molar-refractivity contribution in [3.05, 3.63) is 210 Å². The summed E-state index contributed by atoms with van der Waals surface area (Å²) in [6, 6.07) is 57.8. The lowest BCUT2D eigenvalue weighted by Gasteiger charge is -2.27. The van der Waals surface area contributed by atoms with Gasteiger partial charge in [0.05, 0.1) is 28.1 Å². The lowest BCUT2D eigenvalue weighted by atomic mass is 9.78. The molecule has 0 saturated carbocycles. The second-order valence-electron chi connectivity index (χ2n) is 17.6. The molecule has 0 fully saturated rings. The zero-order valence-electron chi connectivity index (χ0n) is 34.9. The molecule has 0 aliphatic carbocycles. The van der Waals surface area contributed by atoms with Gasteiger partial charge in [0.2, 0.25) is 0 Å². The first-order chi connectivity index (χ1) is 28.4. The van der Waals surface area contributed by atoms with Crippen molar-refractivity contribution in [1.82, 2.24) is 14.1 Å². The van der Waals surface area contributed by atoms with Crippen LogP contribution < -0.4 is 9.30 Å². The Bertz CT molecular complexity index is 2950. The molecule has 292 valence electrons. The molecule has 0 radical (unpaired) electrons. The minimum atomic E-state index is -0.350. The average molecular weight is 771 g/mol. The summed E-state index contributed by atoms with van der Waals surface area (Å²) in [5, 5.41) is 2.33. The van der Waals surface area contributed by atoms with Gasteiger partial charge < -0.3 is 4.74 Å². The molecule has 0 atom stereocenters. The molecule has 0 amide bonds. The number of benzene rings is 6. The summed E-state index contributed by atoms with van der Waals surface area (Å²) in [6.45, 7) is 15.8. The minimum absolute atomic E-state index is 0.00828. The fourth-order valence-electron chi connectivity index (χ4n) is 8.30. The summed E-state index contributed by atoms with van der Waals surface area (Å²) in [5.41, 5.74) is 9.70.